The number of aliphatic hydroxyl groups is 1. The molecule has 0 bridgehead atoms. The van der Waals surface area contributed by atoms with Gasteiger partial charge in [-0.15, -0.1) is 11.3 Å². The first-order valence-corrected chi connectivity index (χ1v) is 10.4. The first-order valence-electron chi connectivity index (χ1n) is 9.51. The van der Waals surface area contributed by atoms with Crippen LogP contribution in [0.3, 0.4) is 0 Å². The zero-order valence-electron chi connectivity index (χ0n) is 16.6. The molecular formula is C22H22N2O4S. The summed E-state index contributed by atoms with van der Waals surface area (Å²) in [5.74, 6) is 5.68. The van der Waals surface area contributed by atoms with Gasteiger partial charge in [0.1, 0.15) is 17.2 Å². The summed E-state index contributed by atoms with van der Waals surface area (Å²) < 4.78 is 6.94. The fourth-order valence-electron chi connectivity index (χ4n) is 3.65. The van der Waals surface area contributed by atoms with Gasteiger partial charge in [0.05, 0.1) is 5.57 Å². The maximum absolute atomic E-state index is 12.9. The molecule has 0 spiro atoms. The SMILES string of the molecule is CC1=C(C(=O)OCc2nccs2)c2c(C#CC(C)(O)C3CC3)cn(C)c(=O)c2C1. The molecule has 2 heterocycles. The molecule has 150 valence electrons. The van der Waals surface area contributed by atoms with E-state index in [4.69, 9.17) is 4.74 Å². The molecule has 6 nitrogen and oxygen atoms in total. The van der Waals surface area contributed by atoms with Crippen molar-refractivity contribution < 1.29 is 14.6 Å². The Labute approximate surface area is 172 Å². The van der Waals surface area contributed by atoms with Gasteiger partial charge in [0.15, 0.2) is 0 Å². The highest BCUT2D eigenvalue weighted by molar-refractivity contribution is 7.09. The van der Waals surface area contributed by atoms with Gasteiger partial charge in [-0.25, -0.2) is 9.78 Å². The van der Waals surface area contributed by atoms with Gasteiger partial charge in [0, 0.05) is 47.9 Å². The van der Waals surface area contributed by atoms with Crippen LogP contribution < -0.4 is 5.56 Å². The molecule has 7 heteroatoms. The Morgan fingerprint density at radius 3 is 2.90 bits per heavy atom. The van der Waals surface area contributed by atoms with Crippen molar-refractivity contribution in [2.75, 3.05) is 0 Å². The molecule has 4 rings (SSSR count). The number of aromatic nitrogens is 2. The third-order valence-corrected chi connectivity index (χ3v) is 6.18. The smallest absolute Gasteiger partial charge is 0.339 e. The Morgan fingerprint density at radius 1 is 1.48 bits per heavy atom. The van der Waals surface area contributed by atoms with E-state index in [0.717, 1.165) is 18.4 Å². The Morgan fingerprint density at radius 2 is 2.24 bits per heavy atom. The lowest BCUT2D eigenvalue weighted by Gasteiger charge is -2.15. The van der Waals surface area contributed by atoms with Crippen LogP contribution in [0.1, 0.15) is 48.4 Å². The van der Waals surface area contributed by atoms with Gasteiger partial charge in [-0.3, -0.25) is 4.79 Å². The van der Waals surface area contributed by atoms with Crippen LogP contribution in [0.2, 0.25) is 0 Å². The van der Waals surface area contributed by atoms with Crippen molar-refractivity contribution in [3.63, 3.8) is 0 Å². The van der Waals surface area contributed by atoms with Crippen molar-refractivity contribution in [2.45, 2.75) is 45.3 Å². The number of thiazole rings is 1. The van der Waals surface area contributed by atoms with Crippen molar-refractivity contribution in [1.82, 2.24) is 9.55 Å². The molecule has 1 unspecified atom stereocenters. The Hall–Kier alpha value is -2.69. The monoisotopic (exact) mass is 410 g/mol. The Kier molecular flexibility index (Phi) is 4.93. The number of pyridine rings is 1. The molecule has 0 radical (unpaired) electrons. The highest BCUT2D eigenvalue weighted by atomic mass is 32.1. The molecule has 2 aliphatic carbocycles. The molecule has 0 amide bonds. The standard InChI is InChI=1S/C22H22N2O4S/c1-13-10-16-19(18(13)21(26)28-12-17-23-8-9-29-17)14(11-24(3)20(16)25)6-7-22(2,27)15-4-5-15/h8-9,11,15,27H,4-5,10,12H2,1-3H3. The zero-order chi connectivity index (χ0) is 20.8. The second-order valence-corrected chi connectivity index (χ2v) is 8.80. The van der Waals surface area contributed by atoms with E-state index < -0.39 is 11.6 Å². The number of nitrogens with zero attached hydrogens (tertiary/aromatic N) is 2. The van der Waals surface area contributed by atoms with E-state index in [-0.39, 0.29) is 18.1 Å². The summed E-state index contributed by atoms with van der Waals surface area (Å²) in [5.41, 5.74) is 1.58. The predicted molar refractivity (Wildman–Crippen MR) is 110 cm³/mol. The van der Waals surface area contributed by atoms with Crippen LogP contribution in [0.4, 0.5) is 0 Å². The molecule has 2 aliphatic rings. The molecule has 0 aromatic carbocycles. The first-order chi connectivity index (χ1) is 13.8. The number of hydrogen-bond donors (Lipinski definition) is 1. The predicted octanol–water partition coefficient (Wildman–Crippen LogP) is 2.43. The van der Waals surface area contributed by atoms with Gasteiger partial charge in [-0.05, 0) is 32.6 Å². The van der Waals surface area contributed by atoms with E-state index in [1.54, 1.807) is 26.4 Å². The summed E-state index contributed by atoms with van der Waals surface area (Å²) in [4.78, 5) is 29.7. The molecule has 2 aromatic heterocycles. The van der Waals surface area contributed by atoms with Crippen LogP contribution in [0.15, 0.2) is 28.1 Å². The first kappa shape index (κ1) is 19.6. The number of rotatable bonds is 4. The number of hydrogen-bond acceptors (Lipinski definition) is 6. The minimum absolute atomic E-state index is 0.0882. The molecule has 1 atom stereocenters. The maximum atomic E-state index is 12.9. The fourth-order valence-corrected chi connectivity index (χ4v) is 4.18. The van der Waals surface area contributed by atoms with E-state index in [9.17, 15) is 14.7 Å². The minimum atomic E-state index is -1.08. The maximum Gasteiger partial charge on any atom is 0.339 e. The average molecular weight is 410 g/mol. The topological polar surface area (TPSA) is 81.4 Å². The fraction of sp³-hybridized carbons (Fsp3) is 0.409. The molecule has 2 aromatic rings. The average Bonchev–Trinajstić information content (AvgIpc) is 3.31. The number of esters is 1. The van der Waals surface area contributed by atoms with Crippen molar-refractivity contribution in [3.8, 4) is 11.8 Å². The van der Waals surface area contributed by atoms with Gasteiger partial charge in [0.2, 0.25) is 0 Å². The second kappa shape index (κ2) is 7.29. The van der Waals surface area contributed by atoms with Crippen LogP contribution in [0.25, 0.3) is 5.57 Å². The van der Waals surface area contributed by atoms with Crippen molar-refractivity contribution in [1.29, 1.82) is 0 Å². The highest BCUT2D eigenvalue weighted by Gasteiger charge is 2.39. The molecule has 1 N–H and O–H groups in total. The Bertz CT molecular complexity index is 1130. The lowest BCUT2D eigenvalue weighted by atomic mass is 9.98. The summed E-state index contributed by atoms with van der Waals surface area (Å²) in [7, 11) is 1.67. The molecule has 1 fully saturated rings. The summed E-state index contributed by atoms with van der Waals surface area (Å²) in [6.07, 6.45) is 5.59. The number of carbonyl (C=O) groups is 1. The lowest BCUT2D eigenvalue weighted by Crippen LogP contribution is -2.25. The van der Waals surface area contributed by atoms with Crippen LogP contribution in [0.5, 0.6) is 0 Å². The quantitative estimate of drug-likeness (QED) is 0.618. The number of ether oxygens (including phenoxy) is 1. The number of fused-ring (bicyclic) bond motifs is 1. The van der Waals surface area contributed by atoms with Gasteiger partial charge in [-0.1, -0.05) is 17.4 Å². The summed E-state index contributed by atoms with van der Waals surface area (Å²) in [5, 5.41) is 13.1. The third-order valence-electron chi connectivity index (χ3n) is 5.43. The zero-order valence-corrected chi connectivity index (χ0v) is 17.4. The van der Waals surface area contributed by atoms with E-state index >= 15 is 0 Å². The van der Waals surface area contributed by atoms with Gasteiger partial charge >= 0.3 is 5.97 Å². The highest BCUT2D eigenvalue weighted by Crippen LogP contribution is 2.39. The lowest BCUT2D eigenvalue weighted by molar-refractivity contribution is -0.137. The number of allylic oxidation sites excluding steroid dienone is 1. The van der Waals surface area contributed by atoms with E-state index in [2.05, 4.69) is 16.8 Å². The molecular weight excluding hydrogens is 388 g/mol. The van der Waals surface area contributed by atoms with Crippen LogP contribution in [-0.4, -0.2) is 26.2 Å². The van der Waals surface area contributed by atoms with Crippen LogP contribution in [-0.2, 0) is 29.6 Å². The normalized spacial score (nSPS) is 17.4. The van der Waals surface area contributed by atoms with E-state index in [1.165, 1.54) is 15.9 Å². The largest absolute Gasteiger partial charge is 0.455 e. The van der Waals surface area contributed by atoms with E-state index in [0.29, 0.717) is 33.7 Å². The van der Waals surface area contributed by atoms with Gasteiger partial charge in [-0.2, -0.15) is 0 Å². The van der Waals surface area contributed by atoms with Crippen LogP contribution >= 0.6 is 11.3 Å². The van der Waals surface area contributed by atoms with E-state index in [1.807, 2.05) is 12.3 Å². The molecule has 1 saturated carbocycles. The Balaban J connectivity index is 1.72. The molecule has 0 saturated heterocycles. The van der Waals surface area contributed by atoms with Crippen molar-refractivity contribution >= 4 is 22.9 Å². The molecule has 0 aliphatic heterocycles. The van der Waals surface area contributed by atoms with Crippen molar-refractivity contribution in [2.24, 2.45) is 13.0 Å². The minimum Gasteiger partial charge on any atom is -0.455 e. The summed E-state index contributed by atoms with van der Waals surface area (Å²) >= 11 is 1.41. The van der Waals surface area contributed by atoms with Crippen LogP contribution in [0, 0.1) is 17.8 Å². The second-order valence-electron chi connectivity index (χ2n) is 7.82. The number of carbonyl (C=O) groups excluding carboxylic acids is 1. The summed E-state index contributed by atoms with van der Waals surface area (Å²) in [6, 6.07) is 0. The summed E-state index contributed by atoms with van der Waals surface area (Å²) in [6.45, 7) is 3.63. The third kappa shape index (κ3) is 3.78. The van der Waals surface area contributed by atoms with Gasteiger partial charge in [0.25, 0.3) is 5.56 Å². The number of aryl methyl sites for hydroxylation is 1. The van der Waals surface area contributed by atoms with Crippen molar-refractivity contribution in [3.05, 3.63) is 55.4 Å². The molecule has 29 heavy (non-hydrogen) atoms. The van der Waals surface area contributed by atoms with Gasteiger partial charge < -0.3 is 14.4 Å².